The molecule has 0 saturated carbocycles. The molecule has 1 spiro atoms. The number of thioether (sulfide) groups is 1. The minimum absolute atomic E-state index is 0.0634. The molecule has 2 N–H and O–H groups in total. The van der Waals surface area contributed by atoms with Crippen LogP contribution < -0.4 is 15.4 Å². The van der Waals surface area contributed by atoms with Crippen LogP contribution in [0.1, 0.15) is 18.4 Å². The lowest BCUT2D eigenvalue weighted by atomic mass is 9.88. The van der Waals surface area contributed by atoms with Gasteiger partial charge >= 0.3 is 0 Å². The molecule has 130 valence electrons. The van der Waals surface area contributed by atoms with Crippen molar-refractivity contribution in [2.75, 3.05) is 23.9 Å². The molecule has 5 heteroatoms. The highest BCUT2D eigenvalue weighted by molar-refractivity contribution is 7.99. The Morgan fingerprint density at radius 3 is 2.64 bits per heavy atom. The van der Waals surface area contributed by atoms with Crippen LogP contribution in [-0.2, 0) is 6.54 Å². The molecule has 0 aromatic heterocycles. The molecule has 2 aliphatic heterocycles. The molecule has 0 aliphatic carbocycles. The van der Waals surface area contributed by atoms with Crippen LogP contribution in [-0.4, -0.2) is 30.0 Å². The molecular formula is C20H23N3OS. The predicted octanol–water partition coefficient (Wildman–Crippen LogP) is 4.21. The Hall–Kier alpha value is -2.14. The van der Waals surface area contributed by atoms with Crippen LogP contribution >= 0.6 is 11.8 Å². The molecular weight excluding hydrogens is 330 g/mol. The zero-order valence-electron chi connectivity index (χ0n) is 14.4. The van der Waals surface area contributed by atoms with Crippen LogP contribution in [0.5, 0.6) is 5.75 Å². The highest BCUT2D eigenvalue weighted by atomic mass is 32.2. The summed E-state index contributed by atoms with van der Waals surface area (Å²) in [6, 6.07) is 16.5. The zero-order valence-corrected chi connectivity index (χ0v) is 15.2. The molecule has 0 radical (unpaired) electrons. The minimum atomic E-state index is -0.0634. The maximum absolute atomic E-state index is 5.24. The number of aliphatic imine (C=N–C) groups is 1. The molecule has 25 heavy (non-hydrogen) atoms. The summed E-state index contributed by atoms with van der Waals surface area (Å²) in [6.45, 7) is 0.765. The molecule has 1 fully saturated rings. The standard InChI is InChI=1S/C20H23N3OS/c1-24-16-8-6-15(7-9-16)14-21-19-20(10-12-25-13-11-20)23-18-5-3-2-4-17(18)22-19/h2-9,23H,10-14H2,1H3,(H,21,22). The highest BCUT2D eigenvalue weighted by Crippen LogP contribution is 2.39. The third-order valence-electron chi connectivity index (χ3n) is 4.93. The van der Waals surface area contributed by atoms with E-state index in [9.17, 15) is 0 Å². The van der Waals surface area contributed by atoms with E-state index < -0.39 is 0 Å². The summed E-state index contributed by atoms with van der Waals surface area (Å²) in [7, 11) is 1.69. The second-order valence-corrected chi connectivity index (χ2v) is 7.72. The number of fused-ring (bicyclic) bond motifs is 1. The first-order valence-electron chi connectivity index (χ1n) is 8.70. The molecule has 2 heterocycles. The Kier molecular flexibility index (Phi) is 4.57. The van der Waals surface area contributed by atoms with Gasteiger partial charge in [0.15, 0.2) is 0 Å². The third-order valence-corrected chi connectivity index (χ3v) is 5.91. The van der Waals surface area contributed by atoms with E-state index in [1.807, 2.05) is 30.0 Å². The van der Waals surface area contributed by atoms with E-state index in [-0.39, 0.29) is 5.54 Å². The second-order valence-electron chi connectivity index (χ2n) is 6.50. The number of anilines is 1. The monoisotopic (exact) mass is 353 g/mol. The average molecular weight is 353 g/mol. The zero-order chi connectivity index (χ0) is 17.1. The fourth-order valence-electron chi connectivity index (χ4n) is 3.44. The maximum atomic E-state index is 5.24. The van der Waals surface area contributed by atoms with E-state index in [1.54, 1.807) is 7.11 Å². The Morgan fingerprint density at radius 2 is 1.88 bits per heavy atom. The van der Waals surface area contributed by atoms with E-state index in [0.29, 0.717) is 0 Å². The van der Waals surface area contributed by atoms with E-state index in [0.717, 1.165) is 42.3 Å². The van der Waals surface area contributed by atoms with Gasteiger partial charge in [0.05, 0.1) is 24.0 Å². The Labute approximate surface area is 153 Å². The summed E-state index contributed by atoms with van der Waals surface area (Å²) in [4.78, 5) is 4.98. The molecule has 1 saturated heterocycles. The quantitative estimate of drug-likeness (QED) is 0.868. The highest BCUT2D eigenvalue weighted by Gasteiger charge is 2.40. The van der Waals surface area contributed by atoms with Crippen molar-refractivity contribution < 1.29 is 4.74 Å². The van der Waals surface area contributed by atoms with Crippen molar-refractivity contribution >= 4 is 29.0 Å². The molecule has 0 unspecified atom stereocenters. The second kappa shape index (κ2) is 7.00. The van der Waals surface area contributed by atoms with Crippen molar-refractivity contribution in [3.63, 3.8) is 0 Å². The average Bonchev–Trinajstić information content (AvgIpc) is 2.67. The van der Waals surface area contributed by atoms with E-state index in [1.165, 1.54) is 17.1 Å². The molecule has 2 aromatic rings. The number of para-hydroxylation sites is 2. The van der Waals surface area contributed by atoms with Gasteiger partial charge in [-0.05, 0) is 54.2 Å². The Bertz CT molecular complexity index is 767. The van der Waals surface area contributed by atoms with Crippen LogP contribution in [0.25, 0.3) is 0 Å². The SMILES string of the molecule is COc1ccc(CNC2=Nc3ccccc3NC23CCSCC3)cc1. The largest absolute Gasteiger partial charge is 0.497 e. The topological polar surface area (TPSA) is 45.6 Å². The van der Waals surface area contributed by atoms with Gasteiger partial charge in [-0.3, -0.25) is 0 Å². The van der Waals surface area contributed by atoms with Crippen molar-refractivity contribution in [1.82, 2.24) is 5.32 Å². The van der Waals surface area contributed by atoms with Crippen LogP contribution in [0.15, 0.2) is 53.5 Å². The molecule has 4 rings (SSSR count). The maximum Gasteiger partial charge on any atom is 0.128 e. The lowest BCUT2D eigenvalue weighted by Gasteiger charge is -2.42. The van der Waals surface area contributed by atoms with Crippen LogP contribution in [0.3, 0.4) is 0 Å². The molecule has 4 nitrogen and oxygen atoms in total. The number of nitrogens with one attached hydrogen (secondary N) is 2. The summed E-state index contributed by atoms with van der Waals surface area (Å²) in [5, 5.41) is 7.40. The normalized spacial score (nSPS) is 18.0. The molecule has 0 atom stereocenters. The lowest BCUT2D eigenvalue weighted by Crippen LogP contribution is -2.55. The van der Waals surface area contributed by atoms with Crippen molar-refractivity contribution in [2.24, 2.45) is 4.99 Å². The van der Waals surface area contributed by atoms with Gasteiger partial charge < -0.3 is 15.4 Å². The van der Waals surface area contributed by atoms with Crippen LogP contribution in [0.2, 0.25) is 0 Å². The first kappa shape index (κ1) is 16.3. The van der Waals surface area contributed by atoms with Gasteiger partial charge in [0, 0.05) is 6.54 Å². The summed E-state index contributed by atoms with van der Waals surface area (Å²) >= 11 is 2.03. The predicted molar refractivity (Wildman–Crippen MR) is 106 cm³/mol. The first-order chi connectivity index (χ1) is 12.3. The number of hydrogen-bond donors (Lipinski definition) is 2. The number of hydrogen-bond acceptors (Lipinski definition) is 5. The Morgan fingerprint density at radius 1 is 1.12 bits per heavy atom. The van der Waals surface area contributed by atoms with Crippen LogP contribution in [0.4, 0.5) is 11.4 Å². The summed E-state index contributed by atoms with van der Waals surface area (Å²) in [6.07, 6.45) is 2.20. The van der Waals surface area contributed by atoms with Gasteiger partial charge in [-0.1, -0.05) is 24.3 Å². The van der Waals surface area contributed by atoms with E-state index >= 15 is 0 Å². The van der Waals surface area contributed by atoms with Gasteiger partial charge in [0.2, 0.25) is 0 Å². The fraction of sp³-hybridized carbons (Fsp3) is 0.350. The number of benzene rings is 2. The van der Waals surface area contributed by atoms with E-state index in [2.05, 4.69) is 41.0 Å². The number of rotatable bonds is 3. The smallest absolute Gasteiger partial charge is 0.128 e. The van der Waals surface area contributed by atoms with Gasteiger partial charge in [0.1, 0.15) is 11.6 Å². The summed E-state index contributed by atoms with van der Waals surface area (Å²) in [5.74, 6) is 4.29. The van der Waals surface area contributed by atoms with Crippen molar-refractivity contribution in [3.05, 3.63) is 54.1 Å². The first-order valence-corrected chi connectivity index (χ1v) is 9.85. The molecule has 0 amide bonds. The summed E-state index contributed by atoms with van der Waals surface area (Å²) < 4.78 is 5.24. The molecule has 2 aliphatic rings. The fourth-order valence-corrected chi connectivity index (χ4v) is 4.63. The van der Waals surface area contributed by atoms with Crippen molar-refractivity contribution in [1.29, 1.82) is 0 Å². The Balaban J connectivity index is 1.58. The number of ether oxygens (including phenoxy) is 1. The lowest BCUT2D eigenvalue weighted by molar-refractivity contribution is 0.414. The third kappa shape index (κ3) is 3.33. The van der Waals surface area contributed by atoms with Gasteiger partial charge in [-0.15, -0.1) is 0 Å². The summed E-state index contributed by atoms with van der Waals surface area (Å²) in [5.41, 5.74) is 3.32. The molecule has 2 aromatic carbocycles. The van der Waals surface area contributed by atoms with Gasteiger partial charge in [-0.25, -0.2) is 4.99 Å². The minimum Gasteiger partial charge on any atom is -0.497 e. The van der Waals surface area contributed by atoms with Gasteiger partial charge in [0.25, 0.3) is 0 Å². The van der Waals surface area contributed by atoms with Gasteiger partial charge in [-0.2, -0.15) is 11.8 Å². The number of methoxy groups -OCH3 is 1. The van der Waals surface area contributed by atoms with Crippen LogP contribution in [0, 0.1) is 0 Å². The van der Waals surface area contributed by atoms with E-state index in [4.69, 9.17) is 9.73 Å². The molecule has 0 bridgehead atoms. The number of amidine groups is 1. The van der Waals surface area contributed by atoms with Crippen molar-refractivity contribution in [3.8, 4) is 5.75 Å². The number of nitrogens with zero attached hydrogens (tertiary/aromatic N) is 1. The van der Waals surface area contributed by atoms with Crippen molar-refractivity contribution in [2.45, 2.75) is 24.9 Å².